The Balaban J connectivity index is 1.72. The Morgan fingerprint density at radius 3 is 2.74 bits per heavy atom. The monoisotopic (exact) mass is 362 g/mol. The van der Waals surface area contributed by atoms with E-state index in [-0.39, 0.29) is 11.9 Å². The third kappa shape index (κ3) is 2.58. The molecule has 1 N–H and O–H groups in total. The van der Waals surface area contributed by atoms with E-state index in [0.717, 1.165) is 3.79 Å². The lowest BCUT2D eigenvalue weighted by atomic mass is 9.79. The topological polar surface area (TPSA) is 32.3 Å². The van der Waals surface area contributed by atoms with Crippen LogP contribution in [-0.2, 0) is 0 Å². The van der Waals surface area contributed by atoms with Gasteiger partial charge in [-0.25, -0.2) is 0 Å². The van der Waals surface area contributed by atoms with Crippen molar-refractivity contribution in [1.82, 2.24) is 10.2 Å². The smallest absolute Gasteiger partial charge is 0.261 e. The van der Waals surface area contributed by atoms with Crippen molar-refractivity contribution in [2.75, 3.05) is 13.1 Å². The highest BCUT2D eigenvalue weighted by Crippen LogP contribution is 2.34. The summed E-state index contributed by atoms with van der Waals surface area (Å²) in [7, 11) is 0. The number of amides is 1. The minimum Gasteiger partial charge on any atom is -0.347 e. The van der Waals surface area contributed by atoms with Gasteiger partial charge in [-0.1, -0.05) is 11.6 Å². The van der Waals surface area contributed by atoms with Crippen LogP contribution in [0.25, 0.3) is 0 Å². The van der Waals surface area contributed by atoms with Crippen LogP contribution in [0.1, 0.15) is 29.4 Å². The number of rotatable bonds is 2. The van der Waals surface area contributed by atoms with Gasteiger partial charge in [0.15, 0.2) is 0 Å². The van der Waals surface area contributed by atoms with Crippen LogP contribution in [0.5, 0.6) is 0 Å². The average molecular weight is 364 g/mol. The number of piperidine rings is 3. The summed E-state index contributed by atoms with van der Waals surface area (Å²) in [5.74, 6) is 0.631. The van der Waals surface area contributed by atoms with Crippen molar-refractivity contribution < 1.29 is 4.79 Å². The average Bonchev–Trinajstić information content (AvgIpc) is 2.74. The van der Waals surface area contributed by atoms with Gasteiger partial charge in [0, 0.05) is 12.1 Å². The lowest BCUT2D eigenvalue weighted by molar-refractivity contribution is 0.0218. The highest BCUT2D eigenvalue weighted by atomic mass is 79.9. The second kappa shape index (κ2) is 5.35. The Kier molecular flexibility index (Phi) is 3.91. The molecule has 19 heavy (non-hydrogen) atoms. The maximum atomic E-state index is 12.3. The van der Waals surface area contributed by atoms with Gasteiger partial charge in [0.25, 0.3) is 5.91 Å². The van der Waals surface area contributed by atoms with E-state index in [1.165, 1.54) is 37.3 Å². The molecule has 3 nitrogen and oxygen atoms in total. The van der Waals surface area contributed by atoms with E-state index >= 15 is 0 Å². The Morgan fingerprint density at radius 2 is 2.21 bits per heavy atom. The zero-order valence-electron chi connectivity index (χ0n) is 10.7. The Hall–Kier alpha value is -0.100. The summed E-state index contributed by atoms with van der Waals surface area (Å²) in [6, 6.07) is 2.45. The molecule has 3 fully saturated rings. The molecule has 3 aliphatic rings. The van der Waals surface area contributed by atoms with Crippen molar-refractivity contribution in [3.8, 4) is 0 Å². The van der Waals surface area contributed by atoms with Crippen molar-refractivity contribution in [2.24, 2.45) is 5.92 Å². The van der Waals surface area contributed by atoms with Crippen molar-refractivity contribution in [1.29, 1.82) is 0 Å². The van der Waals surface area contributed by atoms with Gasteiger partial charge in [-0.3, -0.25) is 9.69 Å². The van der Waals surface area contributed by atoms with Gasteiger partial charge < -0.3 is 5.32 Å². The minimum absolute atomic E-state index is 0.00296. The van der Waals surface area contributed by atoms with Crippen molar-refractivity contribution in [2.45, 2.75) is 31.8 Å². The molecule has 4 rings (SSSR count). The highest BCUT2D eigenvalue weighted by molar-refractivity contribution is 9.11. The van der Waals surface area contributed by atoms with E-state index in [2.05, 4.69) is 33.1 Å². The summed E-state index contributed by atoms with van der Waals surface area (Å²) >= 11 is 10.7. The van der Waals surface area contributed by atoms with Crippen LogP contribution in [0.3, 0.4) is 0 Å². The summed E-state index contributed by atoms with van der Waals surface area (Å²) in [5, 5.41) is 3.82. The lowest BCUT2D eigenvalue weighted by Crippen LogP contribution is -2.62. The number of thiophene rings is 1. The maximum Gasteiger partial charge on any atom is 0.261 e. The first-order valence-electron chi connectivity index (χ1n) is 6.56. The molecule has 2 unspecified atom stereocenters. The number of nitrogens with zero attached hydrogens (tertiary/aromatic N) is 1. The molecule has 0 aromatic carbocycles. The largest absolute Gasteiger partial charge is 0.347 e. The second-order valence-corrected chi connectivity index (χ2v) is 8.12. The molecule has 0 saturated carbocycles. The molecule has 4 heterocycles. The molecule has 1 aromatic heterocycles. The quantitative estimate of drug-likeness (QED) is 0.873. The minimum atomic E-state index is 0.00296. The fourth-order valence-corrected chi connectivity index (χ4v) is 4.83. The summed E-state index contributed by atoms with van der Waals surface area (Å²) < 4.78 is 0.821. The molecule has 1 aromatic rings. The summed E-state index contributed by atoms with van der Waals surface area (Å²) in [5.41, 5.74) is 0. The van der Waals surface area contributed by atoms with Crippen LogP contribution in [-0.4, -0.2) is 36.0 Å². The van der Waals surface area contributed by atoms with Gasteiger partial charge in [-0.05, 0) is 60.8 Å². The van der Waals surface area contributed by atoms with E-state index < -0.39 is 0 Å². The molecule has 0 spiro atoms. The molecular weight excluding hydrogens is 348 g/mol. The normalized spacial score (nSPS) is 33.4. The number of halogens is 2. The van der Waals surface area contributed by atoms with Gasteiger partial charge in [0.2, 0.25) is 0 Å². The lowest BCUT2D eigenvalue weighted by Gasteiger charge is -2.49. The number of carbonyl (C=O) groups excluding carboxylic acids is 1. The molecule has 0 aliphatic carbocycles. The number of hydrogen-bond acceptors (Lipinski definition) is 3. The van der Waals surface area contributed by atoms with E-state index in [9.17, 15) is 4.79 Å². The molecule has 2 bridgehead atoms. The Labute approximate surface area is 130 Å². The van der Waals surface area contributed by atoms with Gasteiger partial charge in [-0.15, -0.1) is 11.3 Å². The Bertz CT molecular complexity index is 477. The van der Waals surface area contributed by atoms with Gasteiger partial charge in [0.05, 0.1) is 13.7 Å². The first-order valence-corrected chi connectivity index (χ1v) is 8.54. The molecule has 104 valence electrons. The van der Waals surface area contributed by atoms with Crippen molar-refractivity contribution >= 4 is 44.8 Å². The third-order valence-electron chi connectivity index (χ3n) is 4.34. The number of fused-ring (bicyclic) bond motifs is 3. The van der Waals surface area contributed by atoms with Crippen LogP contribution in [0, 0.1) is 5.92 Å². The SMILES string of the molecule is CC1C(NC(=O)c2cc(Cl)c(Br)s2)C2CCN1CC2. The molecule has 3 aliphatic heterocycles. The van der Waals surface area contributed by atoms with E-state index in [1.54, 1.807) is 6.07 Å². The molecule has 6 heteroatoms. The van der Waals surface area contributed by atoms with Crippen LogP contribution >= 0.6 is 38.9 Å². The fourth-order valence-electron chi connectivity index (χ4n) is 3.23. The number of hydrogen-bond donors (Lipinski definition) is 1. The van der Waals surface area contributed by atoms with E-state index in [1.807, 2.05) is 0 Å². The van der Waals surface area contributed by atoms with Crippen molar-refractivity contribution in [3.63, 3.8) is 0 Å². The van der Waals surface area contributed by atoms with E-state index in [4.69, 9.17) is 11.6 Å². The van der Waals surface area contributed by atoms with Crippen molar-refractivity contribution in [3.05, 3.63) is 19.8 Å². The summed E-state index contributed by atoms with van der Waals surface area (Å²) in [6.07, 6.45) is 2.40. The third-order valence-corrected chi connectivity index (χ3v) is 6.82. The molecule has 2 atom stereocenters. The predicted molar refractivity (Wildman–Crippen MR) is 82.0 cm³/mol. The maximum absolute atomic E-state index is 12.3. The molecule has 0 radical (unpaired) electrons. The first-order chi connectivity index (χ1) is 9.06. The number of carbonyl (C=O) groups is 1. The van der Waals surface area contributed by atoms with E-state index in [0.29, 0.717) is 21.9 Å². The van der Waals surface area contributed by atoms with Crippen LogP contribution in [0.4, 0.5) is 0 Å². The predicted octanol–water partition coefficient (Wildman–Crippen LogP) is 3.38. The van der Waals surface area contributed by atoms with Gasteiger partial charge >= 0.3 is 0 Å². The molecular formula is C13H16BrClN2OS. The zero-order chi connectivity index (χ0) is 13.6. The summed E-state index contributed by atoms with van der Waals surface area (Å²) in [6.45, 7) is 4.57. The van der Waals surface area contributed by atoms with Gasteiger partial charge in [-0.2, -0.15) is 0 Å². The molecule has 3 saturated heterocycles. The zero-order valence-corrected chi connectivity index (χ0v) is 13.8. The molecule has 1 amide bonds. The standard InChI is InChI=1S/C13H16BrClN2OS/c1-7-11(8-2-4-17(7)5-3-8)16-13(18)10-6-9(15)12(14)19-10/h6-8,11H,2-5H2,1H3,(H,16,18). The second-order valence-electron chi connectivity index (χ2n) is 5.35. The summed E-state index contributed by atoms with van der Waals surface area (Å²) in [4.78, 5) is 15.5. The van der Waals surface area contributed by atoms with Crippen LogP contribution in [0.15, 0.2) is 9.85 Å². The highest BCUT2D eigenvalue weighted by Gasteiger charge is 2.40. The van der Waals surface area contributed by atoms with Gasteiger partial charge in [0.1, 0.15) is 0 Å². The Morgan fingerprint density at radius 1 is 1.53 bits per heavy atom. The fraction of sp³-hybridized carbons (Fsp3) is 0.615. The van der Waals surface area contributed by atoms with Crippen LogP contribution in [0.2, 0.25) is 5.02 Å². The first kappa shape index (κ1) is 13.9. The number of nitrogens with one attached hydrogen (secondary N) is 1. The van der Waals surface area contributed by atoms with Crippen LogP contribution < -0.4 is 5.32 Å².